The highest BCUT2D eigenvalue weighted by atomic mass is 35.5. The number of rotatable bonds is 8. The Morgan fingerprint density at radius 2 is 1.90 bits per heavy atom. The summed E-state index contributed by atoms with van der Waals surface area (Å²) in [5.74, 6) is -0.240. The highest BCUT2D eigenvalue weighted by Gasteiger charge is 2.08. The van der Waals surface area contributed by atoms with Crippen LogP contribution in [-0.2, 0) is 14.3 Å². The second-order valence-corrected chi connectivity index (χ2v) is 4.80. The smallest absolute Gasteiger partial charge is 0.311 e. The third-order valence-electron chi connectivity index (χ3n) is 2.55. The van der Waals surface area contributed by atoms with Gasteiger partial charge in [0.15, 0.2) is 0 Å². The number of carbonyl (C=O) groups is 2. The molecule has 0 aliphatic heterocycles. The van der Waals surface area contributed by atoms with Gasteiger partial charge in [0, 0.05) is 17.9 Å². The molecule has 0 aliphatic carbocycles. The SMILES string of the molecule is CCCCOC(=O)CCCC(=O)Oc1cccc(Cl)c1. The second kappa shape index (κ2) is 9.37. The Labute approximate surface area is 124 Å². The molecule has 0 fully saturated rings. The molecule has 1 rings (SSSR count). The monoisotopic (exact) mass is 298 g/mol. The van der Waals surface area contributed by atoms with Gasteiger partial charge >= 0.3 is 11.9 Å². The lowest BCUT2D eigenvalue weighted by atomic mass is 10.2. The summed E-state index contributed by atoms with van der Waals surface area (Å²) >= 11 is 5.78. The van der Waals surface area contributed by atoms with Crippen molar-refractivity contribution in [3.63, 3.8) is 0 Å². The average molecular weight is 299 g/mol. The van der Waals surface area contributed by atoms with Crippen molar-refractivity contribution >= 4 is 23.5 Å². The molecule has 0 aliphatic rings. The van der Waals surface area contributed by atoms with Crippen LogP contribution in [0.2, 0.25) is 5.02 Å². The van der Waals surface area contributed by atoms with Crippen LogP contribution in [0.4, 0.5) is 0 Å². The molecule has 0 saturated carbocycles. The zero-order valence-electron chi connectivity index (χ0n) is 11.6. The fraction of sp³-hybridized carbons (Fsp3) is 0.467. The maximum atomic E-state index is 11.5. The molecule has 0 saturated heterocycles. The quantitative estimate of drug-likeness (QED) is 0.416. The number of ether oxygens (including phenoxy) is 2. The van der Waals surface area contributed by atoms with Gasteiger partial charge in [-0.15, -0.1) is 0 Å². The van der Waals surface area contributed by atoms with Crippen LogP contribution in [0.15, 0.2) is 24.3 Å². The van der Waals surface area contributed by atoms with Crippen molar-refractivity contribution < 1.29 is 19.1 Å². The van der Waals surface area contributed by atoms with Gasteiger partial charge in [0.05, 0.1) is 6.61 Å². The summed E-state index contributed by atoms with van der Waals surface area (Å²) < 4.78 is 10.1. The van der Waals surface area contributed by atoms with Crippen molar-refractivity contribution in [1.29, 1.82) is 0 Å². The predicted molar refractivity (Wildman–Crippen MR) is 76.8 cm³/mol. The Hall–Kier alpha value is -1.55. The molecular weight excluding hydrogens is 280 g/mol. The van der Waals surface area contributed by atoms with Crippen LogP contribution >= 0.6 is 11.6 Å². The fourth-order valence-electron chi connectivity index (χ4n) is 1.49. The summed E-state index contributed by atoms with van der Waals surface area (Å²) in [6, 6.07) is 6.63. The zero-order chi connectivity index (χ0) is 14.8. The zero-order valence-corrected chi connectivity index (χ0v) is 12.3. The second-order valence-electron chi connectivity index (χ2n) is 4.36. The van der Waals surface area contributed by atoms with Crippen molar-refractivity contribution in [1.82, 2.24) is 0 Å². The van der Waals surface area contributed by atoms with Crippen molar-refractivity contribution in [2.45, 2.75) is 39.0 Å². The van der Waals surface area contributed by atoms with E-state index < -0.39 is 0 Å². The molecule has 0 aromatic heterocycles. The molecule has 1 aromatic rings. The summed E-state index contributed by atoms with van der Waals surface area (Å²) in [6.45, 7) is 2.47. The highest BCUT2D eigenvalue weighted by molar-refractivity contribution is 6.30. The first-order valence-electron chi connectivity index (χ1n) is 6.73. The summed E-state index contributed by atoms with van der Waals surface area (Å²) in [4.78, 5) is 22.9. The number of unbranched alkanes of at least 4 members (excludes halogenated alkanes) is 1. The van der Waals surface area contributed by atoms with Crippen LogP contribution in [0.5, 0.6) is 5.75 Å². The number of carbonyl (C=O) groups excluding carboxylic acids is 2. The molecule has 110 valence electrons. The van der Waals surface area contributed by atoms with E-state index in [9.17, 15) is 9.59 Å². The lowest BCUT2D eigenvalue weighted by Gasteiger charge is -2.05. The van der Waals surface area contributed by atoms with Gasteiger partial charge < -0.3 is 9.47 Å². The van der Waals surface area contributed by atoms with E-state index in [0.29, 0.717) is 23.8 Å². The average Bonchev–Trinajstić information content (AvgIpc) is 2.39. The molecule has 0 spiro atoms. The van der Waals surface area contributed by atoms with Crippen LogP contribution in [0.3, 0.4) is 0 Å². The van der Waals surface area contributed by atoms with E-state index in [-0.39, 0.29) is 24.8 Å². The Kier molecular flexibility index (Phi) is 7.73. The number of hydrogen-bond donors (Lipinski definition) is 0. The molecule has 0 radical (unpaired) electrons. The topological polar surface area (TPSA) is 52.6 Å². The molecule has 0 amide bonds. The van der Waals surface area contributed by atoms with E-state index in [0.717, 1.165) is 12.8 Å². The van der Waals surface area contributed by atoms with E-state index in [1.54, 1.807) is 24.3 Å². The maximum Gasteiger partial charge on any atom is 0.311 e. The van der Waals surface area contributed by atoms with Gasteiger partial charge in [0.1, 0.15) is 5.75 Å². The van der Waals surface area contributed by atoms with Crippen molar-refractivity contribution in [3.05, 3.63) is 29.3 Å². The Bertz CT molecular complexity index is 445. The first-order valence-corrected chi connectivity index (χ1v) is 7.11. The molecule has 4 nitrogen and oxygen atoms in total. The van der Waals surface area contributed by atoms with Crippen LogP contribution in [0.1, 0.15) is 39.0 Å². The molecule has 0 N–H and O–H groups in total. The van der Waals surface area contributed by atoms with E-state index in [4.69, 9.17) is 21.1 Å². The molecule has 0 unspecified atom stereocenters. The van der Waals surface area contributed by atoms with Gasteiger partial charge in [-0.1, -0.05) is 31.0 Å². The summed E-state index contributed by atoms with van der Waals surface area (Å²) in [7, 11) is 0. The number of hydrogen-bond acceptors (Lipinski definition) is 4. The maximum absolute atomic E-state index is 11.5. The first kappa shape index (κ1) is 16.5. The number of benzene rings is 1. The summed E-state index contributed by atoms with van der Waals surface area (Å²) in [6.07, 6.45) is 2.68. The van der Waals surface area contributed by atoms with Gasteiger partial charge in [-0.2, -0.15) is 0 Å². The predicted octanol–water partition coefficient (Wildman–Crippen LogP) is 3.76. The molecule has 0 bridgehead atoms. The standard InChI is InChI=1S/C15H19ClO4/c1-2-3-10-19-14(17)8-5-9-15(18)20-13-7-4-6-12(16)11-13/h4,6-7,11H,2-3,5,8-10H2,1H3. The summed E-state index contributed by atoms with van der Waals surface area (Å²) in [5, 5.41) is 0.509. The van der Waals surface area contributed by atoms with Crippen molar-refractivity contribution in [2.75, 3.05) is 6.61 Å². The van der Waals surface area contributed by atoms with Crippen LogP contribution in [-0.4, -0.2) is 18.5 Å². The summed E-state index contributed by atoms with van der Waals surface area (Å²) in [5.41, 5.74) is 0. The minimum Gasteiger partial charge on any atom is -0.466 e. The van der Waals surface area contributed by atoms with Crippen LogP contribution in [0.25, 0.3) is 0 Å². The van der Waals surface area contributed by atoms with E-state index >= 15 is 0 Å². The Morgan fingerprint density at radius 3 is 2.60 bits per heavy atom. The van der Waals surface area contributed by atoms with E-state index in [1.807, 2.05) is 6.92 Å². The van der Waals surface area contributed by atoms with Crippen molar-refractivity contribution in [3.8, 4) is 5.75 Å². The van der Waals surface area contributed by atoms with Gasteiger partial charge in [-0.3, -0.25) is 9.59 Å². The van der Waals surface area contributed by atoms with Gasteiger partial charge in [0.2, 0.25) is 0 Å². The molecule has 5 heteroatoms. The first-order chi connectivity index (χ1) is 9.61. The van der Waals surface area contributed by atoms with Gasteiger partial charge in [-0.05, 0) is 31.0 Å². The minimum absolute atomic E-state index is 0.176. The lowest BCUT2D eigenvalue weighted by Crippen LogP contribution is -2.10. The van der Waals surface area contributed by atoms with E-state index in [2.05, 4.69) is 0 Å². The molecule has 0 heterocycles. The fourth-order valence-corrected chi connectivity index (χ4v) is 1.67. The molecule has 20 heavy (non-hydrogen) atoms. The largest absolute Gasteiger partial charge is 0.466 e. The van der Waals surface area contributed by atoms with Gasteiger partial charge in [-0.25, -0.2) is 0 Å². The van der Waals surface area contributed by atoms with Gasteiger partial charge in [0.25, 0.3) is 0 Å². The number of halogens is 1. The molecule has 0 atom stereocenters. The Balaban J connectivity index is 2.18. The molecule has 1 aromatic carbocycles. The van der Waals surface area contributed by atoms with Crippen LogP contribution in [0, 0.1) is 0 Å². The lowest BCUT2D eigenvalue weighted by molar-refractivity contribution is -0.144. The Morgan fingerprint density at radius 1 is 1.15 bits per heavy atom. The third kappa shape index (κ3) is 7.14. The molecular formula is C15H19ClO4. The highest BCUT2D eigenvalue weighted by Crippen LogP contribution is 2.17. The van der Waals surface area contributed by atoms with E-state index in [1.165, 1.54) is 0 Å². The minimum atomic E-state index is -0.381. The van der Waals surface area contributed by atoms with Crippen molar-refractivity contribution in [2.24, 2.45) is 0 Å². The van der Waals surface area contributed by atoms with Crippen LogP contribution < -0.4 is 4.74 Å². The number of esters is 2. The normalized spacial score (nSPS) is 10.1. The third-order valence-corrected chi connectivity index (χ3v) is 2.79.